The van der Waals surface area contributed by atoms with E-state index in [0.717, 1.165) is 0 Å². The van der Waals surface area contributed by atoms with Gasteiger partial charge in [0.1, 0.15) is 12.3 Å². The quantitative estimate of drug-likeness (QED) is 0.341. The van der Waals surface area contributed by atoms with Crippen molar-refractivity contribution in [2.24, 2.45) is 0 Å². The van der Waals surface area contributed by atoms with Crippen molar-refractivity contribution in [3.63, 3.8) is 0 Å². The molecule has 1 amide bonds. The molecule has 0 saturated carbocycles. The number of nitro groups is 1. The summed E-state index contributed by atoms with van der Waals surface area (Å²) in [6.07, 6.45) is 1.63. The predicted octanol–water partition coefficient (Wildman–Crippen LogP) is 2.53. The number of ether oxygens (including phenoxy) is 2. The Morgan fingerprint density at radius 2 is 1.96 bits per heavy atom. The average molecular weight is 385 g/mol. The van der Waals surface area contributed by atoms with E-state index in [9.17, 15) is 14.9 Å². The Kier molecular flexibility index (Phi) is 5.32. The van der Waals surface area contributed by atoms with Crippen LogP contribution in [0.15, 0.2) is 48.2 Å². The van der Waals surface area contributed by atoms with Gasteiger partial charge in [0.05, 0.1) is 17.6 Å². The number of rotatable bonds is 6. The van der Waals surface area contributed by atoms with Gasteiger partial charge in [-0.3, -0.25) is 20.2 Å². The summed E-state index contributed by atoms with van der Waals surface area (Å²) < 4.78 is 11.0. The summed E-state index contributed by atoms with van der Waals surface area (Å²) in [5.41, 5.74) is 1.48. The normalized spacial score (nSPS) is 14.6. The molecule has 0 atom stereocenters. The van der Waals surface area contributed by atoms with Gasteiger partial charge in [-0.15, -0.1) is 0 Å². The summed E-state index contributed by atoms with van der Waals surface area (Å²) >= 11 is 4.89. The summed E-state index contributed by atoms with van der Waals surface area (Å²) in [7, 11) is 1.49. The first-order chi connectivity index (χ1) is 13.0. The van der Waals surface area contributed by atoms with Crippen LogP contribution in [0.25, 0.3) is 6.08 Å². The first kappa shape index (κ1) is 18.3. The molecule has 1 aliphatic heterocycles. The van der Waals surface area contributed by atoms with Gasteiger partial charge in [-0.05, 0) is 42.1 Å². The summed E-state index contributed by atoms with van der Waals surface area (Å²) in [4.78, 5) is 22.4. The molecule has 138 valence electrons. The summed E-state index contributed by atoms with van der Waals surface area (Å²) in [6.45, 7) is 0.0200. The van der Waals surface area contributed by atoms with Crippen LogP contribution in [0, 0.1) is 10.1 Å². The minimum atomic E-state index is -0.449. The van der Waals surface area contributed by atoms with Gasteiger partial charge in [-0.2, -0.15) is 0 Å². The first-order valence-corrected chi connectivity index (χ1v) is 8.26. The van der Waals surface area contributed by atoms with Crippen molar-refractivity contribution >= 4 is 35.0 Å². The van der Waals surface area contributed by atoms with Gasteiger partial charge >= 0.3 is 0 Å². The highest BCUT2D eigenvalue weighted by Gasteiger charge is 2.20. The molecular weight excluding hydrogens is 370 g/mol. The van der Waals surface area contributed by atoms with Gasteiger partial charge in [0.15, 0.2) is 16.6 Å². The van der Waals surface area contributed by atoms with Crippen LogP contribution in [0.3, 0.4) is 0 Å². The highest BCUT2D eigenvalue weighted by atomic mass is 32.1. The molecule has 1 saturated heterocycles. The minimum Gasteiger partial charge on any atom is -0.493 e. The molecule has 9 heteroatoms. The molecule has 0 unspecified atom stereocenters. The lowest BCUT2D eigenvalue weighted by Crippen LogP contribution is -2.21. The van der Waals surface area contributed by atoms with Crippen LogP contribution in [0.2, 0.25) is 0 Å². The van der Waals surface area contributed by atoms with Crippen molar-refractivity contribution in [3.05, 3.63) is 69.4 Å². The van der Waals surface area contributed by atoms with Crippen LogP contribution >= 0.6 is 12.2 Å². The Balaban J connectivity index is 1.79. The van der Waals surface area contributed by atoms with E-state index in [2.05, 4.69) is 10.6 Å². The molecule has 2 aromatic carbocycles. The van der Waals surface area contributed by atoms with Gasteiger partial charge in [-0.25, -0.2) is 0 Å². The zero-order valence-corrected chi connectivity index (χ0v) is 15.0. The smallest absolute Gasteiger partial charge is 0.276 e. The first-order valence-electron chi connectivity index (χ1n) is 7.85. The molecule has 0 radical (unpaired) electrons. The molecule has 8 nitrogen and oxygen atoms in total. The van der Waals surface area contributed by atoms with E-state index in [1.807, 2.05) is 0 Å². The number of nitrogens with zero attached hydrogens (tertiary/aromatic N) is 1. The Morgan fingerprint density at radius 1 is 1.19 bits per heavy atom. The number of hydrogen-bond acceptors (Lipinski definition) is 6. The van der Waals surface area contributed by atoms with Gasteiger partial charge in [-0.1, -0.05) is 18.2 Å². The number of benzene rings is 2. The van der Waals surface area contributed by atoms with Crippen molar-refractivity contribution in [3.8, 4) is 11.5 Å². The molecule has 1 aliphatic rings. The Labute approximate surface area is 159 Å². The highest BCUT2D eigenvalue weighted by molar-refractivity contribution is 7.80. The number of methoxy groups -OCH3 is 1. The number of nitro benzene ring substituents is 1. The Morgan fingerprint density at radius 3 is 2.63 bits per heavy atom. The largest absolute Gasteiger partial charge is 0.493 e. The number of amides is 1. The van der Waals surface area contributed by atoms with E-state index in [4.69, 9.17) is 21.7 Å². The molecule has 0 spiro atoms. The minimum absolute atomic E-state index is 0.00731. The molecule has 1 fully saturated rings. The molecule has 27 heavy (non-hydrogen) atoms. The van der Waals surface area contributed by atoms with Crippen LogP contribution in [0.5, 0.6) is 11.5 Å². The van der Waals surface area contributed by atoms with E-state index in [-0.39, 0.29) is 23.3 Å². The van der Waals surface area contributed by atoms with E-state index in [0.29, 0.717) is 28.3 Å². The average Bonchev–Trinajstić information content (AvgIpc) is 2.97. The number of thiocarbonyl (C=S) groups is 1. The van der Waals surface area contributed by atoms with Gasteiger partial charge in [0, 0.05) is 6.07 Å². The number of nitrogens with one attached hydrogen (secondary N) is 2. The summed E-state index contributed by atoms with van der Waals surface area (Å²) in [6, 6.07) is 11.5. The molecule has 0 aromatic heterocycles. The number of carbonyl (C=O) groups is 1. The fraction of sp³-hybridized carbons (Fsp3) is 0.111. The SMILES string of the molecule is COc1cc(/C=C2/NC(=S)NC2=O)ccc1OCc1ccccc1[N+](=O)[O-]. The van der Waals surface area contributed by atoms with Gasteiger partial charge in [0.25, 0.3) is 11.6 Å². The van der Waals surface area contributed by atoms with Gasteiger partial charge in [0.2, 0.25) is 0 Å². The molecular formula is C18H15N3O5S. The maximum absolute atomic E-state index is 11.7. The lowest BCUT2D eigenvalue weighted by atomic mass is 10.1. The van der Waals surface area contributed by atoms with Crippen LogP contribution in [0.4, 0.5) is 5.69 Å². The zero-order valence-electron chi connectivity index (χ0n) is 14.2. The van der Waals surface area contributed by atoms with Crippen LogP contribution in [-0.4, -0.2) is 23.1 Å². The lowest BCUT2D eigenvalue weighted by molar-refractivity contribution is -0.385. The van der Waals surface area contributed by atoms with Crippen molar-refractivity contribution in [2.75, 3.05) is 7.11 Å². The number of hydrogen-bond donors (Lipinski definition) is 2. The van der Waals surface area contributed by atoms with Crippen molar-refractivity contribution < 1.29 is 19.2 Å². The van der Waals surface area contributed by atoms with Crippen LogP contribution in [0.1, 0.15) is 11.1 Å². The third-order valence-electron chi connectivity index (χ3n) is 3.79. The summed E-state index contributed by atoms with van der Waals surface area (Å²) in [5, 5.41) is 16.6. The van der Waals surface area contributed by atoms with Crippen molar-refractivity contribution in [2.45, 2.75) is 6.61 Å². The monoisotopic (exact) mass is 385 g/mol. The Bertz CT molecular complexity index is 958. The number of carbonyl (C=O) groups excluding carboxylic acids is 1. The maximum Gasteiger partial charge on any atom is 0.276 e. The fourth-order valence-electron chi connectivity index (χ4n) is 2.51. The standard InChI is InChI=1S/C18H15N3O5S/c1-25-16-9-11(8-13-17(22)20-18(27)19-13)6-7-15(16)26-10-12-4-2-3-5-14(12)21(23)24/h2-9H,10H2,1H3,(H2,19,20,22,27)/b13-8+. The number of para-hydroxylation sites is 1. The molecule has 2 aromatic rings. The van der Waals surface area contributed by atoms with Crippen molar-refractivity contribution in [1.29, 1.82) is 0 Å². The third kappa shape index (κ3) is 4.21. The molecule has 0 bridgehead atoms. The maximum atomic E-state index is 11.7. The van der Waals surface area contributed by atoms with Crippen LogP contribution < -0.4 is 20.1 Å². The van der Waals surface area contributed by atoms with E-state index in [1.165, 1.54) is 13.2 Å². The molecule has 2 N–H and O–H groups in total. The van der Waals surface area contributed by atoms with E-state index >= 15 is 0 Å². The highest BCUT2D eigenvalue weighted by Crippen LogP contribution is 2.30. The fourth-order valence-corrected chi connectivity index (χ4v) is 2.71. The zero-order chi connectivity index (χ0) is 19.4. The molecule has 3 rings (SSSR count). The lowest BCUT2D eigenvalue weighted by Gasteiger charge is -2.11. The van der Waals surface area contributed by atoms with Crippen molar-refractivity contribution in [1.82, 2.24) is 10.6 Å². The van der Waals surface area contributed by atoms with Gasteiger partial charge < -0.3 is 14.8 Å². The second-order valence-corrected chi connectivity index (χ2v) is 5.96. The Hall–Kier alpha value is -3.46. The second kappa shape index (κ2) is 7.83. The summed E-state index contributed by atoms with van der Waals surface area (Å²) in [5.74, 6) is 0.553. The molecule has 1 heterocycles. The van der Waals surface area contributed by atoms with Crippen LogP contribution in [-0.2, 0) is 11.4 Å². The van der Waals surface area contributed by atoms with E-state index < -0.39 is 4.92 Å². The topological polar surface area (TPSA) is 103 Å². The van der Waals surface area contributed by atoms with E-state index in [1.54, 1.807) is 42.5 Å². The third-order valence-corrected chi connectivity index (χ3v) is 3.99. The molecule has 0 aliphatic carbocycles. The second-order valence-electron chi connectivity index (χ2n) is 5.55. The predicted molar refractivity (Wildman–Crippen MR) is 102 cm³/mol.